The van der Waals surface area contributed by atoms with Crippen LogP contribution < -0.4 is 5.32 Å². The summed E-state index contributed by atoms with van der Waals surface area (Å²) in [5, 5.41) is 13.5. The summed E-state index contributed by atoms with van der Waals surface area (Å²) in [7, 11) is 0. The number of aliphatic hydroxyl groups is 1. The van der Waals surface area contributed by atoms with E-state index in [2.05, 4.69) is 31.0 Å². The van der Waals surface area contributed by atoms with Crippen LogP contribution in [0.3, 0.4) is 0 Å². The summed E-state index contributed by atoms with van der Waals surface area (Å²) in [6.45, 7) is 11.9. The van der Waals surface area contributed by atoms with Crippen LogP contribution in [0.25, 0.3) is 0 Å². The highest BCUT2D eigenvalue weighted by Gasteiger charge is 2.42. The first-order chi connectivity index (χ1) is 8.98. The lowest BCUT2D eigenvalue weighted by molar-refractivity contribution is -0.0197. The Morgan fingerprint density at radius 1 is 1.16 bits per heavy atom. The van der Waals surface area contributed by atoms with Gasteiger partial charge in [-0.05, 0) is 50.0 Å². The van der Waals surface area contributed by atoms with E-state index in [-0.39, 0.29) is 5.54 Å². The minimum Gasteiger partial charge on any atom is -0.394 e. The van der Waals surface area contributed by atoms with Crippen LogP contribution in [-0.4, -0.2) is 48.3 Å². The van der Waals surface area contributed by atoms with E-state index < -0.39 is 0 Å². The van der Waals surface area contributed by atoms with Crippen molar-refractivity contribution in [1.29, 1.82) is 0 Å². The van der Waals surface area contributed by atoms with E-state index in [1.807, 2.05) is 0 Å². The van der Waals surface area contributed by atoms with Crippen LogP contribution in [0.1, 0.15) is 52.9 Å². The van der Waals surface area contributed by atoms with Crippen LogP contribution >= 0.6 is 0 Å². The van der Waals surface area contributed by atoms with Crippen molar-refractivity contribution >= 4 is 0 Å². The maximum Gasteiger partial charge on any atom is 0.0615 e. The van der Waals surface area contributed by atoms with E-state index in [0.29, 0.717) is 12.0 Å². The van der Waals surface area contributed by atoms with Gasteiger partial charge in [-0.1, -0.05) is 20.8 Å². The fourth-order valence-corrected chi connectivity index (χ4v) is 3.92. The average molecular weight is 268 g/mol. The van der Waals surface area contributed by atoms with E-state index in [9.17, 15) is 5.11 Å². The van der Waals surface area contributed by atoms with E-state index in [1.54, 1.807) is 0 Å². The van der Waals surface area contributed by atoms with Crippen molar-refractivity contribution in [3.05, 3.63) is 0 Å². The Morgan fingerprint density at radius 2 is 1.84 bits per heavy atom. The molecule has 19 heavy (non-hydrogen) atoms. The molecule has 0 atom stereocenters. The van der Waals surface area contributed by atoms with Crippen molar-refractivity contribution in [2.75, 3.05) is 32.8 Å². The Kier molecular flexibility index (Phi) is 4.91. The van der Waals surface area contributed by atoms with Gasteiger partial charge in [-0.25, -0.2) is 0 Å². The lowest BCUT2D eigenvalue weighted by Crippen LogP contribution is -2.55. The molecule has 112 valence electrons. The molecule has 2 rings (SSSR count). The van der Waals surface area contributed by atoms with Crippen LogP contribution in [0.5, 0.6) is 0 Å². The molecule has 2 fully saturated rings. The Bertz CT molecular complexity index is 269. The van der Waals surface area contributed by atoms with Gasteiger partial charge >= 0.3 is 0 Å². The summed E-state index contributed by atoms with van der Waals surface area (Å²) >= 11 is 0. The van der Waals surface area contributed by atoms with Gasteiger partial charge in [0.2, 0.25) is 0 Å². The molecule has 1 heterocycles. The second kappa shape index (κ2) is 6.11. The van der Waals surface area contributed by atoms with Crippen LogP contribution in [0.4, 0.5) is 0 Å². The fourth-order valence-electron chi connectivity index (χ4n) is 3.92. The predicted octanol–water partition coefficient (Wildman–Crippen LogP) is 2.25. The molecule has 1 aliphatic carbocycles. The maximum absolute atomic E-state index is 10.0. The van der Waals surface area contributed by atoms with Gasteiger partial charge in [0.15, 0.2) is 0 Å². The number of nitrogens with zero attached hydrogens (tertiary/aromatic N) is 1. The molecule has 3 nitrogen and oxygen atoms in total. The van der Waals surface area contributed by atoms with E-state index in [0.717, 1.165) is 32.1 Å². The number of nitrogens with one attached hydrogen (secondary N) is 1. The van der Waals surface area contributed by atoms with E-state index in [4.69, 9.17) is 0 Å². The smallest absolute Gasteiger partial charge is 0.0615 e. The Balaban J connectivity index is 2.00. The van der Waals surface area contributed by atoms with E-state index >= 15 is 0 Å². The SMILES string of the molecule is CC(C)(C)C1CCC(CO)(N2CCCNCC2)CC1. The first-order valence-electron chi connectivity index (χ1n) is 8.05. The monoisotopic (exact) mass is 268 g/mol. The van der Waals surface area contributed by atoms with Gasteiger partial charge in [-0.3, -0.25) is 4.90 Å². The van der Waals surface area contributed by atoms with Crippen LogP contribution in [0, 0.1) is 11.3 Å². The Labute approximate surface area is 118 Å². The molecule has 1 saturated carbocycles. The zero-order valence-electron chi connectivity index (χ0n) is 13.0. The minimum atomic E-state index is 0.0772. The van der Waals surface area contributed by atoms with Gasteiger partial charge in [0.05, 0.1) is 6.61 Å². The lowest BCUT2D eigenvalue weighted by Gasteiger charge is -2.49. The first-order valence-corrected chi connectivity index (χ1v) is 8.05. The molecular weight excluding hydrogens is 236 g/mol. The van der Waals surface area contributed by atoms with Gasteiger partial charge in [-0.2, -0.15) is 0 Å². The van der Waals surface area contributed by atoms with E-state index in [1.165, 1.54) is 32.1 Å². The molecule has 3 heteroatoms. The maximum atomic E-state index is 10.0. The van der Waals surface area contributed by atoms with Crippen LogP contribution in [0.15, 0.2) is 0 Å². The molecule has 0 unspecified atom stereocenters. The minimum absolute atomic E-state index is 0.0772. The topological polar surface area (TPSA) is 35.5 Å². The molecule has 2 aliphatic rings. The zero-order chi connectivity index (χ0) is 13.9. The number of hydrogen-bond donors (Lipinski definition) is 2. The third-order valence-corrected chi connectivity index (χ3v) is 5.45. The molecular formula is C16H32N2O. The van der Waals surface area contributed by atoms with Crippen molar-refractivity contribution in [2.24, 2.45) is 11.3 Å². The van der Waals surface area contributed by atoms with Gasteiger partial charge in [0.25, 0.3) is 0 Å². The van der Waals surface area contributed by atoms with Crippen LogP contribution in [0.2, 0.25) is 0 Å². The molecule has 0 aromatic rings. The summed E-state index contributed by atoms with van der Waals surface area (Å²) in [6, 6.07) is 0. The summed E-state index contributed by atoms with van der Waals surface area (Å²) in [4.78, 5) is 2.58. The van der Waals surface area contributed by atoms with Crippen molar-refractivity contribution in [1.82, 2.24) is 10.2 Å². The third kappa shape index (κ3) is 3.50. The summed E-state index contributed by atoms with van der Waals surface area (Å²) in [5.74, 6) is 0.817. The molecule has 1 saturated heterocycles. The number of rotatable bonds is 2. The van der Waals surface area contributed by atoms with Crippen molar-refractivity contribution in [2.45, 2.75) is 58.4 Å². The molecule has 0 radical (unpaired) electrons. The largest absolute Gasteiger partial charge is 0.394 e. The highest BCUT2D eigenvalue weighted by molar-refractivity contribution is 4.97. The summed E-state index contributed by atoms with van der Waals surface area (Å²) in [5.41, 5.74) is 0.496. The average Bonchev–Trinajstić information content (AvgIpc) is 2.67. The number of aliphatic hydroxyl groups excluding tert-OH is 1. The fraction of sp³-hybridized carbons (Fsp3) is 1.00. The summed E-state index contributed by atoms with van der Waals surface area (Å²) < 4.78 is 0. The molecule has 0 aromatic heterocycles. The zero-order valence-corrected chi connectivity index (χ0v) is 13.0. The second-order valence-electron chi connectivity index (χ2n) is 7.61. The quantitative estimate of drug-likeness (QED) is 0.806. The van der Waals surface area contributed by atoms with Gasteiger partial charge in [-0.15, -0.1) is 0 Å². The summed E-state index contributed by atoms with van der Waals surface area (Å²) in [6.07, 6.45) is 6.10. The lowest BCUT2D eigenvalue weighted by atomic mass is 9.67. The van der Waals surface area contributed by atoms with Crippen molar-refractivity contribution < 1.29 is 5.11 Å². The molecule has 1 aliphatic heterocycles. The van der Waals surface area contributed by atoms with Crippen molar-refractivity contribution in [3.63, 3.8) is 0 Å². The molecule has 0 bridgehead atoms. The normalized spacial score (nSPS) is 35.1. The van der Waals surface area contributed by atoms with Crippen molar-refractivity contribution in [3.8, 4) is 0 Å². The predicted molar refractivity (Wildman–Crippen MR) is 80.3 cm³/mol. The van der Waals surface area contributed by atoms with Gasteiger partial charge < -0.3 is 10.4 Å². The molecule has 0 aromatic carbocycles. The molecule has 2 N–H and O–H groups in total. The van der Waals surface area contributed by atoms with Crippen LogP contribution in [-0.2, 0) is 0 Å². The highest BCUT2D eigenvalue weighted by Crippen LogP contribution is 2.43. The highest BCUT2D eigenvalue weighted by atomic mass is 16.3. The number of hydrogen-bond acceptors (Lipinski definition) is 3. The molecule has 0 amide bonds. The van der Waals surface area contributed by atoms with Gasteiger partial charge in [0.1, 0.15) is 0 Å². The third-order valence-electron chi connectivity index (χ3n) is 5.45. The second-order valence-corrected chi connectivity index (χ2v) is 7.61. The van der Waals surface area contributed by atoms with Gasteiger partial charge in [0, 0.05) is 25.2 Å². The standard InChI is InChI=1S/C16H32N2O/c1-15(2,3)14-5-7-16(13-19,8-6-14)18-11-4-9-17-10-12-18/h14,17,19H,4-13H2,1-3H3. The molecule has 0 spiro atoms. The first kappa shape index (κ1) is 15.3. The Hall–Kier alpha value is -0.120. The Morgan fingerprint density at radius 3 is 2.42 bits per heavy atom.